The molecule has 1 unspecified atom stereocenters. The van der Waals surface area contributed by atoms with Gasteiger partial charge in [0.25, 0.3) is 0 Å². The van der Waals surface area contributed by atoms with Crippen LogP contribution in [-0.4, -0.2) is 25.8 Å². The molecule has 0 saturated heterocycles. The average Bonchev–Trinajstić information content (AvgIpc) is 2.89. The SMILES string of the molecule is O=S(=O)(CC1CCCC1)NCC(O)c1ccc(Cl)cc1. The van der Waals surface area contributed by atoms with Crippen LogP contribution in [0.25, 0.3) is 0 Å². The number of hydrogen-bond donors (Lipinski definition) is 2. The van der Waals surface area contributed by atoms with Crippen LogP contribution in [0.15, 0.2) is 24.3 Å². The van der Waals surface area contributed by atoms with E-state index in [9.17, 15) is 13.5 Å². The highest BCUT2D eigenvalue weighted by Gasteiger charge is 2.23. The van der Waals surface area contributed by atoms with E-state index in [2.05, 4.69) is 4.72 Å². The number of hydrogen-bond acceptors (Lipinski definition) is 3. The molecule has 1 aliphatic carbocycles. The molecule has 112 valence electrons. The van der Waals surface area contributed by atoms with E-state index in [1.807, 2.05) is 0 Å². The van der Waals surface area contributed by atoms with Crippen molar-refractivity contribution in [3.63, 3.8) is 0 Å². The van der Waals surface area contributed by atoms with Crippen molar-refractivity contribution in [1.29, 1.82) is 0 Å². The Morgan fingerprint density at radius 3 is 2.45 bits per heavy atom. The molecule has 2 N–H and O–H groups in total. The predicted octanol–water partition coefficient (Wildman–Crippen LogP) is 2.48. The molecule has 0 amide bonds. The Labute approximate surface area is 125 Å². The van der Waals surface area contributed by atoms with Gasteiger partial charge in [-0.25, -0.2) is 13.1 Å². The van der Waals surface area contributed by atoms with Gasteiger partial charge in [-0.2, -0.15) is 0 Å². The largest absolute Gasteiger partial charge is 0.387 e. The van der Waals surface area contributed by atoms with E-state index in [0.29, 0.717) is 10.6 Å². The minimum atomic E-state index is -3.31. The normalized spacial score (nSPS) is 18.3. The van der Waals surface area contributed by atoms with Gasteiger partial charge in [0.15, 0.2) is 0 Å². The van der Waals surface area contributed by atoms with Crippen molar-refractivity contribution in [2.45, 2.75) is 31.8 Å². The van der Waals surface area contributed by atoms with Crippen LogP contribution in [-0.2, 0) is 10.0 Å². The van der Waals surface area contributed by atoms with E-state index in [0.717, 1.165) is 25.7 Å². The number of aliphatic hydroxyl groups is 1. The van der Waals surface area contributed by atoms with Crippen LogP contribution in [0, 0.1) is 5.92 Å². The lowest BCUT2D eigenvalue weighted by atomic mass is 10.1. The number of rotatable bonds is 6. The maximum atomic E-state index is 11.9. The van der Waals surface area contributed by atoms with Gasteiger partial charge in [-0.15, -0.1) is 0 Å². The zero-order chi connectivity index (χ0) is 14.6. The van der Waals surface area contributed by atoms with Gasteiger partial charge in [-0.3, -0.25) is 0 Å². The fraction of sp³-hybridized carbons (Fsp3) is 0.571. The third-order valence-electron chi connectivity index (χ3n) is 3.68. The number of aliphatic hydroxyl groups excluding tert-OH is 1. The molecule has 1 aromatic rings. The second kappa shape index (κ2) is 6.89. The maximum absolute atomic E-state index is 11.9. The van der Waals surface area contributed by atoms with E-state index in [-0.39, 0.29) is 18.2 Å². The molecule has 20 heavy (non-hydrogen) atoms. The van der Waals surface area contributed by atoms with Gasteiger partial charge in [0.05, 0.1) is 11.9 Å². The number of nitrogens with one attached hydrogen (secondary N) is 1. The van der Waals surface area contributed by atoms with E-state index in [1.54, 1.807) is 24.3 Å². The summed E-state index contributed by atoms with van der Waals surface area (Å²) in [5, 5.41) is 10.6. The van der Waals surface area contributed by atoms with Crippen molar-refractivity contribution in [2.75, 3.05) is 12.3 Å². The third-order valence-corrected chi connectivity index (χ3v) is 5.45. The molecule has 0 aliphatic heterocycles. The van der Waals surface area contributed by atoms with Gasteiger partial charge < -0.3 is 5.11 Å². The summed E-state index contributed by atoms with van der Waals surface area (Å²) in [6, 6.07) is 6.73. The van der Waals surface area contributed by atoms with Crippen molar-refractivity contribution in [1.82, 2.24) is 4.72 Å². The molecule has 0 heterocycles. The first kappa shape index (κ1) is 15.8. The van der Waals surface area contributed by atoms with Crippen LogP contribution in [0.4, 0.5) is 0 Å². The molecule has 6 heteroatoms. The van der Waals surface area contributed by atoms with E-state index in [1.165, 1.54) is 0 Å². The molecule has 4 nitrogen and oxygen atoms in total. The fourth-order valence-electron chi connectivity index (χ4n) is 2.55. The van der Waals surface area contributed by atoms with Gasteiger partial charge >= 0.3 is 0 Å². The Bertz CT molecular complexity index is 524. The van der Waals surface area contributed by atoms with Gasteiger partial charge in [-0.05, 0) is 36.5 Å². The molecule has 1 aromatic carbocycles. The van der Waals surface area contributed by atoms with Gasteiger partial charge in [0.2, 0.25) is 10.0 Å². The number of sulfonamides is 1. The molecule has 1 atom stereocenters. The van der Waals surface area contributed by atoms with Crippen LogP contribution < -0.4 is 4.72 Å². The summed E-state index contributed by atoms with van der Waals surface area (Å²) in [4.78, 5) is 0. The molecular formula is C14H20ClNO3S. The molecule has 0 spiro atoms. The first-order valence-corrected chi connectivity index (χ1v) is 8.90. The van der Waals surface area contributed by atoms with Crippen molar-refractivity contribution in [3.8, 4) is 0 Å². The average molecular weight is 318 g/mol. The quantitative estimate of drug-likeness (QED) is 0.847. The lowest BCUT2D eigenvalue weighted by Crippen LogP contribution is -2.32. The Morgan fingerprint density at radius 1 is 1.25 bits per heavy atom. The summed E-state index contributed by atoms with van der Waals surface area (Å²) in [5.74, 6) is 0.431. The van der Waals surface area contributed by atoms with Crippen molar-refractivity contribution >= 4 is 21.6 Å². The summed E-state index contributed by atoms with van der Waals surface area (Å²) in [6.07, 6.45) is 3.35. The zero-order valence-corrected chi connectivity index (χ0v) is 12.8. The maximum Gasteiger partial charge on any atom is 0.211 e. The highest BCUT2D eigenvalue weighted by atomic mass is 35.5. The summed E-state index contributed by atoms with van der Waals surface area (Å²) in [5.41, 5.74) is 0.651. The predicted molar refractivity (Wildman–Crippen MR) is 80.2 cm³/mol. The summed E-state index contributed by atoms with van der Waals surface area (Å²) < 4.78 is 26.4. The number of benzene rings is 1. The lowest BCUT2D eigenvalue weighted by Gasteiger charge is -2.14. The third kappa shape index (κ3) is 4.74. The smallest absolute Gasteiger partial charge is 0.211 e. The van der Waals surface area contributed by atoms with Gasteiger partial charge in [-0.1, -0.05) is 36.6 Å². The topological polar surface area (TPSA) is 66.4 Å². The first-order valence-electron chi connectivity index (χ1n) is 6.87. The van der Waals surface area contributed by atoms with Crippen LogP contribution in [0.1, 0.15) is 37.4 Å². The Kier molecular flexibility index (Phi) is 5.43. The van der Waals surface area contributed by atoms with E-state index in [4.69, 9.17) is 11.6 Å². The minimum absolute atomic E-state index is 0.00329. The molecule has 0 aromatic heterocycles. The van der Waals surface area contributed by atoms with Crippen LogP contribution in [0.3, 0.4) is 0 Å². The second-order valence-corrected chi connectivity index (χ2v) is 7.64. The summed E-state index contributed by atoms with van der Waals surface area (Å²) >= 11 is 5.77. The molecular weight excluding hydrogens is 298 g/mol. The van der Waals surface area contributed by atoms with Crippen LogP contribution in [0.2, 0.25) is 5.02 Å². The zero-order valence-electron chi connectivity index (χ0n) is 11.3. The van der Waals surface area contributed by atoms with Crippen molar-refractivity contribution < 1.29 is 13.5 Å². The molecule has 0 radical (unpaired) electrons. The molecule has 1 fully saturated rings. The van der Waals surface area contributed by atoms with E-state index >= 15 is 0 Å². The Morgan fingerprint density at radius 2 is 1.85 bits per heavy atom. The molecule has 1 aliphatic rings. The summed E-state index contributed by atoms with van der Waals surface area (Å²) in [7, 11) is -3.31. The Hall–Kier alpha value is -0.620. The Balaban J connectivity index is 1.85. The molecule has 2 rings (SSSR count). The van der Waals surface area contributed by atoms with Crippen molar-refractivity contribution in [3.05, 3.63) is 34.9 Å². The molecule has 0 bridgehead atoms. The second-order valence-electron chi connectivity index (χ2n) is 5.35. The van der Waals surface area contributed by atoms with Crippen LogP contribution in [0.5, 0.6) is 0 Å². The first-order chi connectivity index (χ1) is 9.46. The number of halogens is 1. The lowest BCUT2D eigenvalue weighted by molar-refractivity contribution is 0.182. The van der Waals surface area contributed by atoms with Crippen molar-refractivity contribution in [2.24, 2.45) is 5.92 Å². The fourth-order valence-corrected chi connectivity index (χ4v) is 4.16. The standard InChI is InChI=1S/C14H20ClNO3S/c15-13-7-5-12(6-8-13)14(17)9-16-20(18,19)10-11-3-1-2-4-11/h5-8,11,14,16-17H,1-4,9-10H2. The highest BCUT2D eigenvalue weighted by Crippen LogP contribution is 2.25. The van der Waals surface area contributed by atoms with E-state index < -0.39 is 16.1 Å². The van der Waals surface area contributed by atoms with Gasteiger partial charge in [0, 0.05) is 11.6 Å². The monoisotopic (exact) mass is 317 g/mol. The van der Waals surface area contributed by atoms with Crippen LogP contribution >= 0.6 is 11.6 Å². The van der Waals surface area contributed by atoms with Gasteiger partial charge in [0.1, 0.15) is 0 Å². The minimum Gasteiger partial charge on any atom is -0.387 e. The summed E-state index contributed by atoms with van der Waals surface area (Å²) in [6.45, 7) is -0.00329. The highest BCUT2D eigenvalue weighted by molar-refractivity contribution is 7.89. The molecule has 1 saturated carbocycles.